The van der Waals surface area contributed by atoms with Gasteiger partial charge in [-0.3, -0.25) is 9.36 Å². The summed E-state index contributed by atoms with van der Waals surface area (Å²) in [6.07, 6.45) is 0.551. The number of thioether (sulfide) groups is 1. The van der Waals surface area contributed by atoms with Crippen molar-refractivity contribution in [2.45, 2.75) is 18.2 Å². The van der Waals surface area contributed by atoms with Crippen LogP contribution in [0.5, 0.6) is 0 Å². The number of hydrogen-bond acceptors (Lipinski definition) is 4. The van der Waals surface area contributed by atoms with E-state index in [0.29, 0.717) is 34.6 Å². The zero-order chi connectivity index (χ0) is 17.1. The molecule has 0 aliphatic heterocycles. The fraction of sp³-hybridized carbons (Fsp3) is 0.222. The SMILES string of the molecule is CCc1nc2cccc(SCCO)c2c(=O)n1-c1cccc(F)c1. The first-order valence-electron chi connectivity index (χ1n) is 7.70. The van der Waals surface area contributed by atoms with E-state index in [0.717, 1.165) is 4.90 Å². The molecule has 0 bridgehead atoms. The van der Waals surface area contributed by atoms with Gasteiger partial charge in [0.05, 0.1) is 23.2 Å². The van der Waals surface area contributed by atoms with Crippen LogP contribution >= 0.6 is 11.8 Å². The summed E-state index contributed by atoms with van der Waals surface area (Å²) < 4.78 is 15.1. The third-order valence-corrected chi connectivity index (χ3v) is 4.70. The summed E-state index contributed by atoms with van der Waals surface area (Å²) in [6, 6.07) is 11.4. The normalized spacial score (nSPS) is 11.1. The van der Waals surface area contributed by atoms with Gasteiger partial charge in [0.15, 0.2) is 0 Å². The predicted octanol–water partition coefficient (Wildman–Crippen LogP) is 3.17. The lowest BCUT2D eigenvalue weighted by atomic mass is 10.2. The van der Waals surface area contributed by atoms with Gasteiger partial charge in [0.25, 0.3) is 5.56 Å². The molecule has 3 rings (SSSR count). The quantitative estimate of drug-likeness (QED) is 0.723. The van der Waals surface area contributed by atoms with Crippen LogP contribution in [-0.2, 0) is 6.42 Å². The number of aromatic nitrogens is 2. The van der Waals surface area contributed by atoms with Crippen LogP contribution in [0.3, 0.4) is 0 Å². The molecule has 1 N–H and O–H groups in total. The molecule has 4 nitrogen and oxygen atoms in total. The Balaban J connectivity index is 2.32. The number of aliphatic hydroxyl groups is 1. The molecule has 1 aromatic heterocycles. The fourth-order valence-corrected chi connectivity index (χ4v) is 3.46. The lowest BCUT2D eigenvalue weighted by Gasteiger charge is -2.14. The summed E-state index contributed by atoms with van der Waals surface area (Å²) in [6.45, 7) is 1.94. The largest absolute Gasteiger partial charge is 0.396 e. The molecule has 0 spiro atoms. The summed E-state index contributed by atoms with van der Waals surface area (Å²) in [7, 11) is 0. The van der Waals surface area contributed by atoms with Crippen LogP contribution in [-0.4, -0.2) is 27.0 Å². The molecule has 0 fully saturated rings. The Morgan fingerprint density at radius 1 is 1.25 bits per heavy atom. The smallest absolute Gasteiger partial charge is 0.267 e. The van der Waals surface area contributed by atoms with Crippen molar-refractivity contribution in [1.82, 2.24) is 9.55 Å². The van der Waals surface area contributed by atoms with Crippen LogP contribution in [0.15, 0.2) is 52.2 Å². The molecular formula is C18H17FN2O2S. The minimum atomic E-state index is -0.399. The number of fused-ring (bicyclic) bond motifs is 1. The molecule has 0 amide bonds. The van der Waals surface area contributed by atoms with Crippen LogP contribution in [0.1, 0.15) is 12.7 Å². The number of benzene rings is 2. The molecule has 0 saturated carbocycles. The van der Waals surface area contributed by atoms with Crippen LogP contribution in [0.25, 0.3) is 16.6 Å². The van der Waals surface area contributed by atoms with Gasteiger partial charge in [-0.2, -0.15) is 0 Å². The summed E-state index contributed by atoms with van der Waals surface area (Å²) >= 11 is 1.41. The van der Waals surface area contributed by atoms with Crippen molar-refractivity contribution >= 4 is 22.7 Å². The maximum atomic E-state index is 13.6. The third kappa shape index (κ3) is 3.07. The number of hydrogen-bond donors (Lipinski definition) is 1. The molecule has 0 saturated heterocycles. The highest BCUT2D eigenvalue weighted by Crippen LogP contribution is 2.25. The van der Waals surface area contributed by atoms with Gasteiger partial charge >= 0.3 is 0 Å². The summed E-state index contributed by atoms with van der Waals surface area (Å²) in [5.74, 6) is 0.681. The molecule has 0 unspecified atom stereocenters. The Morgan fingerprint density at radius 3 is 2.75 bits per heavy atom. The fourth-order valence-electron chi connectivity index (χ4n) is 2.64. The van der Waals surface area contributed by atoms with Crippen LogP contribution in [0, 0.1) is 5.82 Å². The second-order valence-corrected chi connectivity index (χ2v) is 6.36. The summed E-state index contributed by atoms with van der Waals surface area (Å²) in [5.41, 5.74) is 0.865. The second-order valence-electron chi connectivity index (χ2n) is 5.22. The first-order valence-corrected chi connectivity index (χ1v) is 8.68. The molecule has 6 heteroatoms. The molecule has 124 valence electrons. The number of aliphatic hydroxyl groups excluding tert-OH is 1. The van der Waals surface area contributed by atoms with Gasteiger partial charge < -0.3 is 5.11 Å². The summed E-state index contributed by atoms with van der Waals surface area (Å²) in [5, 5.41) is 9.55. The van der Waals surface area contributed by atoms with E-state index in [2.05, 4.69) is 4.98 Å². The van der Waals surface area contributed by atoms with Crippen molar-refractivity contribution in [2.24, 2.45) is 0 Å². The zero-order valence-corrected chi connectivity index (χ0v) is 14.0. The van der Waals surface area contributed by atoms with E-state index >= 15 is 0 Å². The predicted molar refractivity (Wildman–Crippen MR) is 94.5 cm³/mol. The standard InChI is InChI=1S/C18H17FN2O2S/c1-2-16-20-14-7-4-8-15(24-10-9-22)17(14)18(23)21(16)13-6-3-5-12(19)11-13/h3-8,11,22H,2,9-10H2,1H3. The minimum Gasteiger partial charge on any atom is -0.396 e. The van der Waals surface area contributed by atoms with E-state index in [4.69, 9.17) is 5.11 Å². The van der Waals surface area contributed by atoms with Gasteiger partial charge in [0.1, 0.15) is 11.6 Å². The Morgan fingerprint density at radius 2 is 2.04 bits per heavy atom. The van der Waals surface area contributed by atoms with Crippen molar-refractivity contribution in [1.29, 1.82) is 0 Å². The van der Waals surface area contributed by atoms with E-state index < -0.39 is 5.82 Å². The van der Waals surface area contributed by atoms with Crippen LogP contribution in [0.2, 0.25) is 0 Å². The monoisotopic (exact) mass is 344 g/mol. The van der Waals surface area contributed by atoms with Gasteiger partial charge in [-0.1, -0.05) is 19.1 Å². The zero-order valence-electron chi connectivity index (χ0n) is 13.2. The van der Waals surface area contributed by atoms with Crippen molar-refractivity contribution in [3.63, 3.8) is 0 Å². The van der Waals surface area contributed by atoms with Gasteiger partial charge in [0.2, 0.25) is 0 Å². The van der Waals surface area contributed by atoms with E-state index in [1.54, 1.807) is 18.2 Å². The summed E-state index contributed by atoms with van der Waals surface area (Å²) in [4.78, 5) is 18.5. The first kappa shape index (κ1) is 16.7. The highest BCUT2D eigenvalue weighted by atomic mass is 32.2. The Bertz CT molecular complexity index is 940. The number of halogens is 1. The average molecular weight is 344 g/mol. The van der Waals surface area contributed by atoms with Crippen LogP contribution < -0.4 is 5.56 Å². The van der Waals surface area contributed by atoms with Crippen molar-refractivity contribution in [3.05, 3.63) is 64.5 Å². The molecule has 24 heavy (non-hydrogen) atoms. The lowest BCUT2D eigenvalue weighted by molar-refractivity contribution is 0.322. The lowest BCUT2D eigenvalue weighted by Crippen LogP contribution is -2.24. The van der Waals surface area contributed by atoms with Gasteiger partial charge in [-0.25, -0.2) is 9.37 Å². The number of nitrogens with zero attached hydrogens (tertiary/aromatic N) is 2. The van der Waals surface area contributed by atoms with Gasteiger partial charge in [-0.05, 0) is 30.3 Å². The molecule has 1 heterocycles. The number of rotatable bonds is 5. The minimum absolute atomic E-state index is 0.0274. The Labute approximate surface area is 143 Å². The van der Waals surface area contributed by atoms with Gasteiger partial charge in [-0.15, -0.1) is 11.8 Å². The van der Waals surface area contributed by atoms with Crippen molar-refractivity contribution in [3.8, 4) is 5.69 Å². The topological polar surface area (TPSA) is 55.1 Å². The molecule has 2 aromatic carbocycles. The number of aryl methyl sites for hydroxylation is 1. The highest BCUT2D eigenvalue weighted by molar-refractivity contribution is 7.99. The molecular weight excluding hydrogens is 327 g/mol. The molecule has 0 aliphatic carbocycles. The van der Waals surface area contributed by atoms with Gasteiger partial charge in [0, 0.05) is 17.1 Å². The average Bonchev–Trinajstić information content (AvgIpc) is 2.59. The van der Waals surface area contributed by atoms with E-state index in [-0.39, 0.29) is 12.2 Å². The molecule has 3 aromatic rings. The van der Waals surface area contributed by atoms with Crippen molar-refractivity contribution in [2.75, 3.05) is 12.4 Å². The molecule has 0 atom stereocenters. The van der Waals surface area contributed by atoms with E-state index in [1.165, 1.54) is 28.5 Å². The van der Waals surface area contributed by atoms with E-state index in [9.17, 15) is 9.18 Å². The first-order chi connectivity index (χ1) is 11.7. The highest BCUT2D eigenvalue weighted by Gasteiger charge is 2.15. The molecule has 0 aliphatic rings. The van der Waals surface area contributed by atoms with Crippen molar-refractivity contribution < 1.29 is 9.50 Å². The second kappa shape index (κ2) is 7.15. The van der Waals surface area contributed by atoms with E-state index in [1.807, 2.05) is 19.1 Å². The van der Waals surface area contributed by atoms with Crippen LogP contribution in [0.4, 0.5) is 4.39 Å². The maximum Gasteiger partial charge on any atom is 0.267 e. The maximum absolute atomic E-state index is 13.6. The Kier molecular flexibility index (Phi) is 4.97. The third-order valence-electron chi connectivity index (χ3n) is 3.66. The molecule has 0 radical (unpaired) electrons. The Hall–Kier alpha value is -2.18.